The number of carbonyl (C=O) groups is 2. The largest absolute Gasteiger partial charge is 0.367 e. The molecule has 1 saturated heterocycles. The van der Waals surface area contributed by atoms with Crippen molar-refractivity contribution in [3.8, 4) is 0 Å². The maximum absolute atomic E-state index is 13.4. The summed E-state index contributed by atoms with van der Waals surface area (Å²) in [6.07, 6.45) is 8.39. The summed E-state index contributed by atoms with van der Waals surface area (Å²) in [4.78, 5) is 56.1. The molecule has 2 fully saturated rings. The Morgan fingerprint density at radius 3 is 2.45 bits per heavy atom. The van der Waals surface area contributed by atoms with E-state index < -0.39 is 0 Å². The zero-order valence-corrected chi connectivity index (χ0v) is 23.6. The number of pyridine rings is 2. The van der Waals surface area contributed by atoms with E-state index in [9.17, 15) is 14.4 Å². The molecule has 1 saturated carbocycles. The molecule has 11 heteroatoms. The quantitative estimate of drug-likeness (QED) is 0.307. The van der Waals surface area contributed by atoms with Crippen LogP contribution in [0, 0.1) is 6.92 Å². The van der Waals surface area contributed by atoms with Crippen LogP contribution in [0.2, 0.25) is 0 Å². The van der Waals surface area contributed by atoms with Crippen molar-refractivity contribution < 1.29 is 9.59 Å². The number of aromatic nitrogens is 4. The summed E-state index contributed by atoms with van der Waals surface area (Å²) in [6, 6.07) is 3.90. The van der Waals surface area contributed by atoms with E-state index in [1.807, 2.05) is 17.0 Å². The van der Waals surface area contributed by atoms with E-state index in [1.54, 1.807) is 23.9 Å². The second-order valence-electron chi connectivity index (χ2n) is 10.7. The summed E-state index contributed by atoms with van der Waals surface area (Å²) in [6.45, 7) is 9.42. The van der Waals surface area contributed by atoms with Crippen molar-refractivity contribution >= 4 is 40.2 Å². The molecule has 2 aliphatic rings. The number of carbonyl (C=O) groups excluding carboxylic acids is 2. The molecule has 5 rings (SSSR count). The van der Waals surface area contributed by atoms with Crippen LogP contribution >= 0.6 is 0 Å². The predicted octanol–water partition coefficient (Wildman–Crippen LogP) is 3.20. The Kier molecular flexibility index (Phi) is 8.39. The van der Waals surface area contributed by atoms with E-state index >= 15 is 0 Å². The van der Waals surface area contributed by atoms with Gasteiger partial charge in [-0.05, 0) is 57.4 Å². The number of Topliss-reactive ketones (excluding diaryl/α,β-unsaturated/α-hetero) is 1. The van der Waals surface area contributed by atoms with Gasteiger partial charge in [0.25, 0.3) is 5.56 Å². The van der Waals surface area contributed by atoms with Crippen LogP contribution in [0.3, 0.4) is 0 Å². The SMILES string of the molecule is CCCNCC(=O)N1CCN(c2ccc(Nc3ncc4c(C)c(C(C)=O)c(=O)n(C5CCCC5)c4n3)nc2)CC1. The number of ketones is 1. The summed E-state index contributed by atoms with van der Waals surface area (Å²) in [7, 11) is 0. The minimum absolute atomic E-state index is 0.0252. The standard InChI is InChI=1S/C29H38N8O3/c1-4-11-30-18-25(39)36-14-12-35(13-15-36)22-9-10-24(31-16-22)33-29-32-17-23-19(2)26(20(3)38)28(40)37(27(23)34-29)21-7-5-6-8-21/h9-10,16-17,21,30H,4-8,11-15,18H2,1-3H3,(H,31,32,33,34). The number of nitrogens with one attached hydrogen (secondary N) is 2. The first kappa shape index (κ1) is 27.7. The normalized spacial score (nSPS) is 16.1. The van der Waals surface area contributed by atoms with Gasteiger partial charge in [0.05, 0.1) is 24.0 Å². The molecule has 0 unspecified atom stereocenters. The number of amides is 1. The molecule has 1 aliphatic carbocycles. The average molecular weight is 547 g/mol. The van der Waals surface area contributed by atoms with Crippen molar-refractivity contribution in [3.63, 3.8) is 0 Å². The monoisotopic (exact) mass is 546 g/mol. The van der Waals surface area contributed by atoms with Gasteiger partial charge in [0.2, 0.25) is 11.9 Å². The van der Waals surface area contributed by atoms with Gasteiger partial charge in [-0.3, -0.25) is 19.0 Å². The fraction of sp³-hybridized carbons (Fsp3) is 0.517. The van der Waals surface area contributed by atoms with Gasteiger partial charge >= 0.3 is 0 Å². The fourth-order valence-corrected chi connectivity index (χ4v) is 5.77. The summed E-state index contributed by atoms with van der Waals surface area (Å²) in [5, 5.41) is 7.06. The molecule has 3 aromatic heterocycles. The molecular formula is C29H38N8O3. The highest BCUT2D eigenvalue weighted by Crippen LogP contribution is 2.32. The van der Waals surface area contributed by atoms with Crippen LogP contribution in [0.1, 0.15) is 67.9 Å². The summed E-state index contributed by atoms with van der Waals surface area (Å²) >= 11 is 0. The zero-order valence-electron chi connectivity index (χ0n) is 23.6. The third-order valence-electron chi connectivity index (χ3n) is 7.94. The molecule has 0 spiro atoms. The third kappa shape index (κ3) is 5.70. The van der Waals surface area contributed by atoms with Gasteiger partial charge in [-0.1, -0.05) is 19.8 Å². The number of fused-ring (bicyclic) bond motifs is 1. The molecule has 11 nitrogen and oxygen atoms in total. The van der Waals surface area contributed by atoms with Crippen molar-refractivity contribution in [2.45, 2.75) is 58.9 Å². The molecule has 4 heterocycles. The van der Waals surface area contributed by atoms with Crippen LogP contribution in [-0.4, -0.2) is 75.4 Å². The number of anilines is 3. The third-order valence-corrected chi connectivity index (χ3v) is 7.94. The fourth-order valence-electron chi connectivity index (χ4n) is 5.77. The number of piperazine rings is 1. The molecular weight excluding hydrogens is 508 g/mol. The van der Waals surface area contributed by atoms with Crippen LogP contribution in [0.25, 0.3) is 11.0 Å². The molecule has 0 atom stereocenters. The maximum atomic E-state index is 13.4. The van der Waals surface area contributed by atoms with Crippen molar-refractivity contribution in [1.82, 2.24) is 29.7 Å². The van der Waals surface area contributed by atoms with Crippen LogP contribution in [0.5, 0.6) is 0 Å². The second-order valence-corrected chi connectivity index (χ2v) is 10.7. The highest BCUT2D eigenvalue weighted by atomic mass is 16.2. The lowest BCUT2D eigenvalue weighted by Gasteiger charge is -2.36. The topological polar surface area (TPSA) is 125 Å². The van der Waals surface area contributed by atoms with Gasteiger partial charge in [-0.2, -0.15) is 4.98 Å². The van der Waals surface area contributed by atoms with E-state index in [0.29, 0.717) is 48.0 Å². The lowest BCUT2D eigenvalue weighted by Crippen LogP contribution is -2.51. The van der Waals surface area contributed by atoms with Gasteiger partial charge in [0, 0.05) is 43.8 Å². The summed E-state index contributed by atoms with van der Waals surface area (Å²) < 4.78 is 1.71. The molecule has 0 bridgehead atoms. The lowest BCUT2D eigenvalue weighted by atomic mass is 10.0. The number of rotatable bonds is 9. The Labute approximate surface area is 234 Å². The lowest BCUT2D eigenvalue weighted by molar-refractivity contribution is -0.130. The minimum atomic E-state index is -0.268. The van der Waals surface area contributed by atoms with E-state index in [1.165, 1.54) is 6.92 Å². The molecule has 0 radical (unpaired) electrons. The van der Waals surface area contributed by atoms with Gasteiger partial charge in [0.1, 0.15) is 11.5 Å². The molecule has 3 aromatic rings. The molecule has 212 valence electrons. The van der Waals surface area contributed by atoms with Crippen LogP contribution < -0.4 is 21.1 Å². The molecule has 0 aromatic carbocycles. The van der Waals surface area contributed by atoms with Crippen LogP contribution in [-0.2, 0) is 4.79 Å². The number of hydrogen-bond donors (Lipinski definition) is 2. The van der Waals surface area contributed by atoms with E-state index in [-0.39, 0.29) is 28.9 Å². The van der Waals surface area contributed by atoms with Crippen LogP contribution in [0.15, 0.2) is 29.3 Å². The zero-order chi connectivity index (χ0) is 28.2. The molecule has 1 amide bonds. The first-order valence-corrected chi connectivity index (χ1v) is 14.3. The van der Waals surface area contributed by atoms with Crippen molar-refractivity contribution in [3.05, 3.63) is 46.0 Å². The van der Waals surface area contributed by atoms with Crippen molar-refractivity contribution in [1.29, 1.82) is 0 Å². The molecule has 1 aliphatic heterocycles. The van der Waals surface area contributed by atoms with Crippen molar-refractivity contribution in [2.75, 3.05) is 49.5 Å². The van der Waals surface area contributed by atoms with Crippen LogP contribution in [0.4, 0.5) is 17.5 Å². The Morgan fingerprint density at radius 2 is 1.80 bits per heavy atom. The van der Waals surface area contributed by atoms with E-state index in [0.717, 1.165) is 57.4 Å². The minimum Gasteiger partial charge on any atom is -0.367 e. The molecule has 40 heavy (non-hydrogen) atoms. The van der Waals surface area contributed by atoms with Gasteiger partial charge < -0.3 is 20.4 Å². The first-order chi connectivity index (χ1) is 19.4. The first-order valence-electron chi connectivity index (χ1n) is 14.3. The predicted molar refractivity (Wildman–Crippen MR) is 156 cm³/mol. The Balaban J connectivity index is 1.31. The Hall–Kier alpha value is -3.86. The van der Waals surface area contributed by atoms with Crippen molar-refractivity contribution in [2.24, 2.45) is 0 Å². The Bertz CT molecular complexity index is 1440. The van der Waals surface area contributed by atoms with Gasteiger partial charge in [-0.15, -0.1) is 0 Å². The average Bonchev–Trinajstić information content (AvgIpc) is 3.48. The van der Waals surface area contributed by atoms with E-state index in [2.05, 4.69) is 32.4 Å². The van der Waals surface area contributed by atoms with Gasteiger partial charge in [-0.25, -0.2) is 9.97 Å². The molecule has 2 N–H and O–H groups in total. The maximum Gasteiger partial charge on any atom is 0.263 e. The van der Waals surface area contributed by atoms with Gasteiger partial charge in [0.15, 0.2) is 5.78 Å². The summed E-state index contributed by atoms with van der Waals surface area (Å²) in [5.41, 5.74) is 2.11. The highest BCUT2D eigenvalue weighted by molar-refractivity contribution is 5.99. The number of aryl methyl sites for hydroxylation is 1. The number of hydrogen-bond acceptors (Lipinski definition) is 9. The Morgan fingerprint density at radius 1 is 1.05 bits per heavy atom. The highest BCUT2D eigenvalue weighted by Gasteiger charge is 2.26. The summed E-state index contributed by atoms with van der Waals surface area (Å²) in [5.74, 6) is 0.843. The number of nitrogens with zero attached hydrogens (tertiary/aromatic N) is 6. The van der Waals surface area contributed by atoms with E-state index in [4.69, 9.17) is 4.98 Å². The second kappa shape index (κ2) is 12.1. The smallest absolute Gasteiger partial charge is 0.263 e.